The molecule has 1 unspecified atom stereocenters. The zero-order chi connectivity index (χ0) is 16.9. The van der Waals surface area contributed by atoms with Crippen molar-refractivity contribution < 1.29 is 14.4 Å². The van der Waals surface area contributed by atoms with Gasteiger partial charge in [-0.15, -0.1) is 0 Å². The molecule has 0 bridgehead atoms. The number of rotatable bonds is 5. The molecule has 0 spiro atoms. The second-order valence-electron chi connectivity index (χ2n) is 5.46. The van der Waals surface area contributed by atoms with E-state index in [0.29, 0.717) is 18.5 Å². The molecular formula is C18H16N2O3S. The average Bonchev–Trinajstić information content (AvgIpc) is 2.91. The van der Waals surface area contributed by atoms with Gasteiger partial charge in [0.2, 0.25) is 5.91 Å². The summed E-state index contributed by atoms with van der Waals surface area (Å²) in [6.07, 6.45) is 0.419. The van der Waals surface area contributed by atoms with Gasteiger partial charge in [0.15, 0.2) is 0 Å². The van der Waals surface area contributed by atoms with Gasteiger partial charge in [0, 0.05) is 12.1 Å². The van der Waals surface area contributed by atoms with E-state index in [2.05, 4.69) is 10.6 Å². The van der Waals surface area contributed by atoms with Crippen molar-refractivity contribution >= 4 is 28.8 Å². The van der Waals surface area contributed by atoms with E-state index >= 15 is 0 Å². The summed E-state index contributed by atoms with van der Waals surface area (Å²) in [7, 11) is 0. The lowest BCUT2D eigenvalue weighted by atomic mass is 10.1. The monoisotopic (exact) mass is 340 g/mol. The molecule has 24 heavy (non-hydrogen) atoms. The molecule has 0 aromatic heterocycles. The van der Waals surface area contributed by atoms with E-state index < -0.39 is 5.25 Å². The molecular weight excluding hydrogens is 324 g/mol. The molecule has 5 nitrogen and oxygen atoms in total. The van der Waals surface area contributed by atoms with Crippen molar-refractivity contribution in [1.82, 2.24) is 10.6 Å². The maximum absolute atomic E-state index is 12.3. The topological polar surface area (TPSA) is 75.3 Å². The molecule has 1 fully saturated rings. The first kappa shape index (κ1) is 16.3. The Labute approximate surface area is 143 Å². The maximum atomic E-state index is 12.3. The standard InChI is InChI=1S/C18H16N2O3S/c21-16(19-11-12-5-2-1-3-6-12)14-8-4-7-13(9-14)10-15-17(22)20-18(23)24-15/h1-9,15H,10-11H2,(H,19,21)(H,20,22,23). The Kier molecular flexibility index (Phi) is 4.96. The van der Waals surface area contributed by atoms with E-state index in [1.165, 1.54) is 0 Å². The summed E-state index contributed by atoms with van der Waals surface area (Å²) in [5.74, 6) is -0.441. The average molecular weight is 340 g/mol. The molecule has 1 heterocycles. The minimum absolute atomic E-state index is 0.166. The SMILES string of the molecule is O=C1NC(=O)C(Cc2cccc(C(=O)NCc3ccccc3)c2)S1. The first-order chi connectivity index (χ1) is 11.6. The van der Waals surface area contributed by atoms with Crippen molar-refractivity contribution in [3.8, 4) is 0 Å². The Balaban J connectivity index is 1.63. The Morgan fingerprint density at radius 2 is 1.79 bits per heavy atom. The van der Waals surface area contributed by atoms with E-state index in [0.717, 1.165) is 22.9 Å². The lowest BCUT2D eigenvalue weighted by molar-refractivity contribution is -0.118. The lowest BCUT2D eigenvalue weighted by Crippen LogP contribution is -2.25. The molecule has 3 rings (SSSR count). The first-order valence-corrected chi connectivity index (χ1v) is 8.42. The molecule has 2 N–H and O–H groups in total. The summed E-state index contributed by atoms with van der Waals surface area (Å²) >= 11 is 0.990. The van der Waals surface area contributed by atoms with Gasteiger partial charge >= 0.3 is 0 Å². The van der Waals surface area contributed by atoms with Gasteiger partial charge in [0.05, 0.1) is 5.25 Å². The highest BCUT2D eigenvalue weighted by molar-refractivity contribution is 8.15. The molecule has 0 aliphatic carbocycles. The molecule has 0 saturated carbocycles. The van der Waals surface area contributed by atoms with Crippen LogP contribution in [0.4, 0.5) is 4.79 Å². The van der Waals surface area contributed by atoms with Crippen molar-refractivity contribution in [1.29, 1.82) is 0 Å². The van der Waals surface area contributed by atoms with E-state index in [4.69, 9.17) is 0 Å². The van der Waals surface area contributed by atoms with Gasteiger partial charge in [-0.25, -0.2) is 0 Å². The van der Waals surface area contributed by atoms with E-state index in [-0.39, 0.29) is 17.1 Å². The summed E-state index contributed by atoms with van der Waals surface area (Å²) in [6, 6.07) is 16.8. The van der Waals surface area contributed by atoms with Crippen LogP contribution in [0.15, 0.2) is 54.6 Å². The lowest BCUT2D eigenvalue weighted by Gasteiger charge is -2.09. The van der Waals surface area contributed by atoms with Crippen LogP contribution in [-0.2, 0) is 17.8 Å². The Morgan fingerprint density at radius 1 is 1.04 bits per heavy atom. The summed E-state index contributed by atoms with van der Waals surface area (Å²) in [6.45, 7) is 0.458. The van der Waals surface area contributed by atoms with Crippen LogP contribution in [0, 0.1) is 0 Å². The van der Waals surface area contributed by atoms with Crippen molar-refractivity contribution in [3.05, 3.63) is 71.3 Å². The van der Waals surface area contributed by atoms with E-state index in [1.807, 2.05) is 36.4 Å². The van der Waals surface area contributed by atoms with Crippen molar-refractivity contribution in [2.75, 3.05) is 0 Å². The number of benzene rings is 2. The zero-order valence-electron chi connectivity index (χ0n) is 12.8. The predicted octanol–water partition coefficient (Wildman–Crippen LogP) is 2.51. The Hall–Kier alpha value is -2.60. The van der Waals surface area contributed by atoms with E-state index in [1.54, 1.807) is 18.2 Å². The van der Waals surface area contributed by atoms with Crippen molar-refractivity contribution in [2.24, 2.45) is 0 Å². The van der Waals surface area contributed by atoms with Crippen LogP contribution in [0.2, 0.25) is 0 Å². The second kappa shape index (κ2) is 7.31. The highest BCUT2D eigenvalue weighted by Crippen LogP contribution is 2.23. The van der Waals surface area contributed by atoms with Crippen LogP contribution in [0.5, 0.6) is 0 Å². The van der Waals surface area contributed by atoms with E-state index in [9.17, 15) is 14.4 Å². The van der Waals surface area contributed by atoms with Crippen LogP contribution in [0.3, 0.4) is 0 Å². The summed E-state index contributed by atoms with van der Waals surface area (Å²) in [5, 5.41) is 4.39. The summed E-state index contributed by atoms with van der Waals surface area (Å²) < 4.78 is 0. The smallest absolute Gasteiger partial charge is 0.286 e. The molecule has 1 aliphatic heterocycles. The van der Waals surface area contributed by atoms with Crippen LogP contribution in [-0.4, -0.2) is 22.3 Å². The van der Waals surface area contributed by atoms with Gasteiger partial charge in [-0.3, -0.25) is 19.7 Å². The quantitative estimate of drug-likeness (QED) is 0.877. The highest BCUT2D eigenvalue weighted by Gasteiger charge is 2.31. The Morgan fingerprint density at radius 3 is 2.50 bits per heavy atom. The third-order valence-electron chi connectivity index (χ3n) is 3.67. The van der Waals surface area contributed by atoms with Crippen LogP contribution in [0.1, 0.15) is 21.5 Å². The maximum Gasteiger partial charge on any atom is 0.286 e. The molecule has 122 valence electrons. The number of carbonyl (C=O) groups is 3. The van der Waals surface area contributed by atoms with Gasteiger partial charge in [-0.2, -0.15) is 0 Å². The number of carbonyl (C=O) groups excluding carboxylic acids is 3. The van der Waals surface area contributed by atoms with Gasteiger partial charge in [-0.1, -0.05) is 54.2 Å². The van der Waals surface area contributed by atoms with Gasteiger partial charge in [0.25, 0.3) is 11.1 Å². The molecule has 1 aliphatic rings. The van der Waals surface area contributed by atoms with Crippen LogP contribution >= 0.6 is 11.8 Å². The van der Waals surface area contributed by atoms with Crippen molar-refractivity contribution in [2.45, 2.75) is 18.2 Å². The molecule has 3 amide bonds. The predicted molar refractivity (Wildman–Crippen MR) is 92.7 cm³/mol. The van der Waals surface area contributed by atoms with Gasteiger partial charge in [-0.05, 0) is 29.7 Å². The normalized spacial score (nSPS) is 16.8. The zero-order valence-corrected chi connectivity index (χ0v) is 13.6. The fourth-order valence-electron chi connectivity index (χ4n) is 2.46. The highest BCUT2D eigenvalue weighted by atomic mass is 32.2. The minimum atomic E-state index is -0.430. The number of hydrogen-bond donors (Lipinski definition) is 2. The number of nitrogens with one attached hydrogen (secondary N) is 2. The molecule has 6 heteroatoms. The fourth-order valence-corrected chi connectivity index (χ4v) is 3.32. The fraction of sp³-hybridized carbons (Fsp3) is 0.167. The molecule has 1 saturated heterocycles. The molecule has 2 aromatic carbocycles. The largest absolute Gasteiger partial charge is 0.348 e. The summed E-state index contributed by atoms with van der Waals surface area (Å²) in [5.41, 5.74) is 2.42. The molecule has 1 atom stereocenters. The number of amides is 3. The third kappa shape index (κ3) is 4.02. The van der Waals surface area contributed by atoms with Crippen LogP contribution in [0.25, 0.3) is 0 Å². The van der Waals surface area contributed by atoms with Crippen molar-refractivity contribution in [3.63, 3.8) is 0 Å². The second-order valence-corrected chi connectivity index (χ2v) is 6.63. The van der Waals surface area contributed by atoms with Gasteiger partial charge < -0.3 is 5.32 Å². The molecule has 0 radical (unpaired) electrons. The van der Waals surface area contributed by atoms with Gasteiger partial charge in [0.1, 0.15) is 0 Å². The first-order valence-electron chi connectivity index (χ1n) is 7.54. The number of hydrogen-bond acceptors (Lipinski definition) is 4. The van der Waals surface area contributed by atoms with Crippen LogP contribution < -0.4 is 10.6 Å². The minimum Gasteiger partial charge on any atom is -0.348 e. The Bertz CT molecular complexity index is 777. The number of thioether (sulfide) groups is 1. The third-order valence-corrected chi connectivity index (χ3v) is 4.65. The molecule has 2 aromatic rings. The summed E-state index contributed by atoms with van der Waals surface area (Å²) in [4.78, 5) is 35.1. The number of imide groups is 1.